The first-order chi connectivity index (χ1) is 10.0. The van der Waals surface area contributed by atoms with Gasteiger partial charge < -0.3 is 10.1 Å². The monoisotopic (exact) mass is 350 g/mol. The number of rotatable bonds is 4. The summed E-state index contributed by atoms with van der Waals surface area (Å²) in [7, 11) is 1.54. The highest BCUT2D eigenvalue weighted by Crippen LogP contribution is 2.27. The summed E-state index contributed by atoms with van der Waals surface area (Å²) in [5.74, 6) is 0.343. The second kappa shape index (κ2) is 6.36. The molecule has 7 heteroatoms. The first-order valence-electron chi connectivity index (χ1n) is 5.90. The summed E-state index contributed by atoms with van der Waals surface area (Å²) >= 11 is 3.20. The number of hydrogen-bond acceptors (Lipinski definition) is 4. The van der Waals surface area contributed by atoms with Crippen molar-refractivity contribution in [1.82, 2.24) is 0 Å². The number of carbonyl (C=O) groups is 1. The lowest BCUT2D eigenvalue weighted by molar-refractivity contribution is -0.384. The van der Waals surface area contributed by atoms with Crippen molar-refractivity contribution in [2.45, 2.75) is 0 Å². The van der Waals surface area contributed by atoms with Crippen LogP contribution in [0.1, 0.15) is 10.4 Å². The van der Waals surface area contributed by atoms with E-state index in [1.807, 2.05) is 0 Å². The fourth-order valence-electron chi connectivity index (χ4n) is 1.66. The molecule has 0 spiro atoms. The smallest absolute Gasteiger partial charge is 0.270 e. The molecule has 108 valence electrons. The third-order valence-electron chi connectivity index (χ3n) is 2.76. The van der Waals surface area contributed by atoms with Gasteiger partial charge in [-0.25, -0.2) is 0 Å². The fourth-order valence-corrected chi connectivity index (χ4v) is 2.12. The molecule has 0 saturated carbocycles. The van der Waals surface area contributed by atoms with Crippen LogP contribution >= 0.6 is 15.9 Å². The maximum absolute atomic E-state index is 12.1. The number of ether oxygens (including phenoxy) is 1. The van der Waals surface area contributed by atoms with E-state index in [1.54, 1.807) is 31.4 Å². The van der Waals surface area contributed by atoms with Gasteiger partial charge in [-0.05, 0) is 46.3 Å². The summed E-state index contributed by atoms with van der Waals surface area (Å²) in [6.07, 6.45) is 0. The van der Waals surface area contributed by atoms with Crippen LogP contribution in [0.3, 0.4) is 0 Å². The van der Waals surface area contributed by atoms with Crippen molar-refractivity contribution in [1.29, 1.82) is 0 Å². The SMILES string of the molecule is COc1ccc(C(=O)Nc2ccc([N+](=O)[O-])cc2Br)cc1. The lowest BCUT2D eigenvalue weighted by atomic mass is 10.2. The van der Waals surface area contributed by atoms with E-state index in [2.05, 4.69) is 21.2 Å². The Bertz CT molecular complexity index is 686. The first kappa shape index (κ1) is 15.0. The quantitative estimate of drug-likeness (QED) is 0.674. The molecule has 0 radical (unpaired) electrons. The van der Waals surface area contributed by atoms with Crippen LogP contribution in [0, 0.1) is 10.1 Å². The number of hydrogen-bond donors (Lipinski definition) is 1. The van der Waals surface area contributed by atoms with Gasteiger partial charge in [-0.1, -0.05) is 0 Å². The van der Waals surface area contributed by atoms with Gasteiger partial charge in [0.2, 0.25) is 0 Å². The van der Waals surface area contributed by atoms with Gasteiger partial charge in [0.25, 0.3) is 11.6 Å². The van der Waals surface area contributed by atoms with Gasteiger partial charge in [0.15, 0.2) is 0 Å². The summed E-state index contributed by atoms with van der Waals surface area (Å²) < 4.78 is 5.46. The van der Waals surface area contributed by atoms with Crippen LogP contribution in [-0.4, -0.2) is 17.9 Å². The van der Waals surface area contributed by atoms with Gasteiger partial charge in [-0.2, -0.15) is 0 Å². The maximum Gasteiger partial charge on any atom is 0.270 e. The van der Waals surface area contributed by atoms with Crippen molar-refractivity contribution in [2.75, 3.05) is 12.4 Å². The number of nitrogens with one attached hydrogen (secondary N) is 1. The van der Waals surface area contributed by atoms with Crippen LogP contribution in [0.15, 0.2) is 46.9 Å². The largest absolute Gasteiger partial charge is 0.497 e. The van der Waals surface area contributed by atoms with Gasteiger partial charge in [0.05, 0.1) is 17.7 Å². The lowest BCUT2D eigenvalue weighted by Gasteiger charge is -2.08. The van der Waals surface area contributed by atoms with Gasteiger partial charge >= 0.3 is 0 Å². The maximum atomic E-state index is 12.1. The minimum atomic E-state index is -0.500. The zero-order valence-corrected chi connectivity index (χ0v) is 12.6. The molecule has 6 nitrogen and oxygen atoms in total. The molecule has 0 aliphatic carbocycles. The average molecular weight is 351 g/mol. The van der Waals surface area contributed by atoms with Crippen molar-refractivity contribution in [3.63, 3.8) is 0 Å². The Morgan fingerprint density at radius 1 is 1.24 bits per heavy atom. The third kappa shape index (κ3) is 3.57. The van der Waals surface area contributed by atoms with Gasteiger partial charge in [-0.3, -0.25) is 14.9 Å². The second-order valence-electron chi connectivity index (χ2n) is 4.10. The van der Waals surface area contributed by atoms with Crippen molar-refractivity contribution in [2.24, 2.45) is 0 Å². The Morgan fingerprint density at radius 3 is 2.43 bits per heavy atom. The van der Waals surface area contributed by atoms with E-state index in [-0.39, 0.29) is 11.6 Å². The van der Waals surface area contributed by atoms with Crippen molar-refractivity contribution in [3.8, 4) is 5.75 Å². The molecule has 2 aromatic carbocycles. The van der Waals surface area contributed by atoms with Crippen molar-refractivity contribution < 1.29 is 14.5 Å². The number of halogens is 1. The summed E-state index contributed by atoms with van der Waals surface area (Å²) in [6.45, 7) is 0. The standard InChI is InChI=1S/C14H11BrN2O4/c1-21-11-5-2-9(3-6-11)14(18)16-13-7-4-10(17(19)20)8-12(13)15/h2-8H,1H3,(H,16,18). The van der Waals surface area contributed by atoms with Crippen LogP contribution < -0.4 is 10.1 Å². The fraction of sp³-hybridized carbons (Fsp3) is 0.0714. The molecule has 1 amide bonds. The summed E-state index contributed by atoms with van der Waals surface area (Å²) in [6, 6.07) is 10.8. The van der Waals surface area contributed by atoms with Crippen LogP contribution in [0.2, 0.25) is 0 Å². The lowest BCUT2D eigenvalue weighted by Crippen LogP contribution is -2.12. The molecule has 2 rings (SSSR count). The number of non-ortho nitro benzene ring substituents is 1. The first-order valence-corrected chi connectivity index (χ1v) is 6.70. The highest BCUT2D eigenvalue weighted by Gasteiger charge is 2.12. The van der Waals surface area contributed by atoms with E-state index >= 15 is 0 Å². The molecule has 0 heterocycles. The van der Waals surface area contributed by atoms with E-state index in [1.165, 1.54) is 18.2 Å². The minimum absolute atomic E-state index is 0.0516. The predicted molar refractivity (Wildman–Crippen MR) is 81.7 cm³/mol. The van der Waals surface area contributed by atoms with E-state index in [4.69, 9.17) is 4.74 Å². The molecular weight excluding hydrogens is 340 g/mol. The Labute approximate surface area is 129 Å². The molecule has 0 bridgehead atoms. The van der Waals surface area contributed by atoms with Crippen LogP contribution in [0.4, 0.5) is 11.4 Å². The van der Waals surface area contributed by atoms with Gasteiger partial charge in [0.1, 0.15) is 5.75 Å². The third-order valence-corrected chi connectivity index (χ3v) is 3.42. The van der Waals surface area contributed by atoms with Gasteiger partial charge in [0, 0.05) is 22.2 Å². The van der Waals surface area contributed by atoms with E-state index in [9.17, 15) is 14.9 Å². The molecule has 0 fully saturated rings. The Balaban J connectivity index is 2.17. The Kier molecular flexibility index (Phi) is 4.54. The topological polar surface area (TPSA) is 81.5 Å². The van der Waals surface area contributed by atoms with Crippen LogP contribution in [0.25, 0.3) is 0 Å². The van der Waals surface area contributed by atoms with Gasteiger partial charge in [-0.15, -0.1) is 0 Å². The zero-order valence-electron chi connectivity index (χ0n) is 11.0. The van der Waals surface area contributed by atoms with Crippen molar-refractivity contribution >= 4 is 33.2 Å². The summed E-state index contributed by atoms with van der Waals surface area (Å²) in [4.78, 5) is 22.2. The number of methoxy groups -OCH3 is 1. The van der Waals surface area contributed by atoms with Crippen LogP contribution in [-0.2, 0) is 0 Å². The number of nitro benzene ring substituents is 1. The number of anilines is 1. The molecule has 0 aromatic heterocycles. The van der Waals surface area contributed by atoms with E-state index in [0.717, 1.165) is 0 Å². The Morgan fingerprint density at radius 2 is 1.90 bits per heavy atom. The highest BCUT2D eigenvalue weighted by molar-refractivity contribution is 9.10. The normalized spacial score (nSPS) is 10.0. The molecular formula is C14H11BrN2O4. The molecule has 0 unspecified atom stereocenters. The van der Waals surface area contributed by atoms with Crippen molar-refractivity contribution in [3.05, 3.63) is 62.6 Å². The van der Waals surface area contributed by atoms with E-state index < -0.39 is 4.92 Å². The minimum Gasteiger partial charge on any atom is -0.497 e. The molecule has 0 aliphatic rings. The number of nitro groups is 1. The molecule has 21 heavy (non-hydrogen) atoms. The zero-order chi connectivity index (χ0) is 15.4. The number of amides is 1. The molecule has 2 aromatic rings. The summed E-state index contributed by atoms with van der Waals surface area (Å²) in [5, 5.41) is 13.3. The number of carbonyl (C=O) groups excluding carboxylic acids is 1. The average Bonchev–Trinajstić information content (AvgIpc) is 2.49. The predicted octanol–water partition coefficient (Wildman–Crippen LogP) is 3.62. The molecule has 0 aliphatic heterocycles. The molecule has 0 atom stereocenters. The van der Waals surface area contributed by atoms with E-state index in [0.29, 0.717) is 21.5 Å². The molecule has 1 N–H and O–H groups in total. The highest BCUT2D eigenvalue weighted by atomic mass is 79.9. The van der Waals surface area contributed by atoms with Crippen LogP contribution in [0.5, 0.6) is 5.75 Å². The summed E-state index contributed by atoms with van der Waals surface area (Å²) in [5.41, 5.74) is 0.867. The Hall–Kier alpha value is -2.41. The molecule has 0 saturated heterocycles. The number of nitrogens with zero attached hydrogens (tertiary/aromatic N) is 1. The number of benzene rings is 2. The second-order valence-corrected chi connectivity index (χ2v) is 4.96.